The highest BCUT2D eigenvalue weighted by atomic mass is 35.5. The molecule has 0 saturated carbocycles. The molecule has 0 saturated heterocycles. The van der Waals surface area contributed by atoms with E-state index in [0.29, 0.717) is 22.4 Å². The fourth-order valence-electron chi connectivity index (χ4n) is 1.89. The van der Waals surface area contributed by atoms with Gasteiger partial charge in [0, 0.05) is 25.1 Å². The van der Waals surface area contributed by atoms with Gasteiger partial charge in [-0.3, -0.25) is 4.98 Å². The van der Waals surface area contributed by atoms with E-state index in [9.17, 15) is 0 Å². The van der Waals surface area contributed by atoms with Gasteiger partial charge in [0.2, 0.25) is 0 Å². The third-order valence-corrected chi connectivity index (χ3v) is 3.84. The molecule has 0 aliphatic heterocycles. The first-order chi connectivity index (χ1) is 9.65. The molecule has 0 fully saturated rings. The zero-order chi connectivity index (χ0) is 14.1. The summed E-state index contributed by atoms with van der Waals surface area (Å²) < 4.78 is 1.83. The number of fused-ring (bicyclic) bond motifs is 1. The number of aromatic nitrogens is 4. The summed E-state index contributed by atoms with van der Waals surface area (Å²) in [4.78, 5) is 12.7. The molecule has 3 rings (SSSR count). The van der Waals surface area contributed by atoms with Gasteiger partial charge in [-0.15, -0.1) is 0 Å². The monoisotopic (exact) mass is 307 g/mol. The minimum atomic E-state index is 0.529. The fourth-order valence-corrected chi connectivity index (χ4v) is 2.31. The molecule has 0 bridgehead atoms. The fraction of sp³-hybridized carbons (Fsp3) is 0.154. The second-order valence-corrected chi connectivity index (χ2v) is 5.05. The molecule has 3 aromatic heterocycles. The highest BCUT2D eigenvalue weighted by Crippen LogP contribution is 2.25. The van der Waals surface area contributed by atoms with Crippen molar-refractivity contribution in [2.75, 3.05) is 5.32 Å². The van der Waals surface area contributed by atoms with E-state index < -0.39 is 0 Å². The summed E-state index contributed by atoms with van der Waals surface area (Å²) in [5.41, 5.74) is 2.35. The van der Waals surface area contributed by atoms with Crippen molar-refractivity contribution in [3.8, 4) is 0 Å². The number of pyridine rings is 1. The van der Waals surface area contributed by atoms with Crippen LogP contribution in [0.2, 0.25) is 10.2 Å². The Labute approximate surface area is 125 Å². The van der Waals surface area contributed by atoms with Crippen LogP contribution in [0.15, 0.2) is 30.6 Å². The van der Waals surface area contributed by atoms with E-state index in [0.717, 1.165) is 17.0 Å². The van der Waals surface area contributed by atoms with Crippen molar-refractivity contribution in [1.29, 1.82) is 0 Å². The third kappa shape index (κ3) is 2.42. The van der Waals surface area contributed by atoms with E-state index in [4.69, 9.17) is 23.2 Å². The van der Waals surface area contributed by atoms with Gasteiger partial charge in [-0.2, -0.15) is 0 Å². The molecule has 0 aliphatic carbocycles. The van der Waals surface area contributed by atoms with E-state index in [1.54, 1.807) is 12.4 Å². The molecule has 102 valence electrons. The van der Waals surface area contributed by atoms with Crippen LogP contribution in [0.3, 0.4) is 0 Å². The van der Waals surface area contributed by atoms with Gasteiger partial charge in [0.25, 0.3) is 0 Å². The summed E-state index contributed by atoms with van der Waals surface area (Å²) in [7, 11) is 1.87. The number of nitrogens with one attached hydrogen (secondary N) is 1. The lowest BCUT2D eigenvalue weighted by atomic mass is 10.4. The summed E-state index contributed by atoms with van der Waals surface area (Å²) in [5, 5.41) is 4.29. The standard InChI is InChI=1S/C13H11Cl2N5/c1-20-8(6-9(14)12(20)15)7-18-11-3-2-10-13(19-11)17-5-4-16-10/h2-6H,7H2,1H3,(H,17,18,19). The van der Waals surface area contributed by atoms with Crippen LogP contribution in [-0.2, 0) is 13.6 Å². The molecular formula is C13H11Cl2N5. The van der Waals surface area contributed by atoms with Gasteiger partial charge in [0.15, 0.2) is 5.65 Å². The molecule has 0 spiro atoms. The van der Waals surface area contributed by atoms with Crippen LogP contribution < -0.4 is 5.32 Å². The number of halogens is 2. The van der Waals surface area contributed by atoms with E-state index in [1.165, 1.54) is 0 Å². The number of anilines is 1. The summed E-state index contributed by atoms with van der Waals surface area (Å²) in [6, 6.07) is 5.57. The molecule has 0 atom stereocenters. The lowest BCUT2D eigenvalue weighted by molar-refractivity contribution is 0.841. The van der Waals surface area contributed by atoms with Crippen LogP contribution in [0.5, 0.6) is 0 Å². The maximum absolute atomic E-state index is 6.03. The quantitative estimate of drug-likeness (QED) is 0.807. The molecule has 3 heterocycles. The zero-order valence-corrected chi connectivity index (χ0v) is 12.2. The second-order valence-electron chi connectivity index (χ2n) is 4.28. The van der Waals surface area contributed by atoms with Gasteiger partial charge in [0.05, 0.1) is 11.6 Å². The van der Waals surface area contributed by atoms with E-state index in [-0.39, 0.29) is 0 Å². The molecule has 0 aliphatic rings. The van der Waals surface area contributed by atoms with Crippen molar-refractivity contribution >= 4 is 40.2 Å². The van der Waals surface area contributed by atoms with Crippen LogP contribution in [0.25, 0.3) is 11.2 Å². The van der Waals surface area contributed by atoms with E-state index in [1.807, 2.05) is 29.8 Å². The maximum atomic E-state index is 6.03. The Kier molecular flexibility index (Phi) is 3.46. The van der Waals surface area contributed by atoms with Gasteiger partial charge in [-0.05, 0) is 18.2 Å². The molecule has 20 heavy (non-hydrogen) atoms. The number of nitrogens with zero attached hydrogens (tertiary/aromatic N) is 4. The van der Waals surface area contributed by atoms with Crippen molar-refractivity contribution in [3.63, 3.8) is 0 Å². The molecule has 5 nitrogen and oxygen atoms in total. The molecule has 3 aromatic rings. The molecular weight excluding hydrogens is 297 g/mol. The largest absolute Gasteiger partial charge is 0.364 e. The highest BCUT2D eigenvalue weighted by molar-refractivity contribution is 6.41. The minimum Gasteiger partial charge on any atom is -0.364 e. The Morgan fingerprint density at radius 3 is 2.75 bits per heavy atom. The average Bonchev–Trinajstić information content (AvgIpc) is 2.72. The van der Waals surface area contributed by atoms with Crippen molar-refractivity contribution in [3.05, 3.63) is 46.5 Å². The smallest absolute Gasteiger partial charge is 0.180 e. The summed E-state index contributed by atoms with van der Waals surface area (Å²) in [6.45, 7) is 0.571. The predicted octanol–water partition coefficient (Wildman–Crippen LogP) is 3.28. The second kappa shape index (κ2) is 5.26. The Morgan fingerprint density at radius 1 is 1.20 bits per heavy atom. The van der Waals surface area contributed by atoms with Crippen molar-refractivity contribution in [2.45, 2.75) is 6.54 Å². The van der Waals surface area contributed by atoms with E-state index >= 15 is 0 Å². The molecule has 0 radical (unpaired) electrons. The van der Waals surface area contributed by atoms with Gasteiger partial charge < -0.3 is 9.88 Å². The lowest BCUT2D eigenvalue weighted by Crippen LogP contribution is -2.06. The van der Waals surface area contributed by atoms with Crippen LogP contribution >= 0.6 is 23.2 Å². The Bertz CT molecular complexity index is 769. The van der Waals surface area contributed by atoms with Gasteiger partial charge >= 0.3 is 0 Å². The number of hydrogen-bond acceptors (Lipinski definition) is 4. The van der Waals surface area contributed by atoms with E-state index in [2.05, 4.69) is 20.3 Å². The molecule has 1 N–H and O–H groups in total. The average molecular weight is 308 g/mol. The first-order valence-electron chi connectivity index (χ1n) is 5.96. The van der Waals surface area contributed by atoms with Crippen molar-refractivity contribution < 1.29 is 0 Å². The van der Waals surface area contributed by atoms with Crippen LogP contribution in [0.1, 0.15) is 5.69 Å². The summed E-state index contributed by atoms with van der Waals surface area (Å²) in [6.07, 6.45) is 3.26. The lowest BCUT2D eigenvalue weighted by Gasteiger charge is -2.07. The minimum absolute atomic E-state index is 0.529. The normalized spacial score (nSPS) is 10.9. The number of hydrogen-bond donors (Lipinski definition) is 1. The van der Waals surface area contributed by atoms with Crippen LogP contribution in [0.4, 0.5) is 5.82 Å². The van der Waals surface area contributed by atoms with Crippen LogP contribution in [-0.4, -0.2) is 19.5 Å². The first-order valence-corrected chi connectivity index (χ1v) is 6.72. The van der Waals surface area contributed by atoms with Crippen LogP contribution in [0, 0.1) is 0 Å². The Hall–Kier alpha value is -1.85. The predicted molar refractivity (Wildman–Crippen MR) is 80.1 cm³/mol. The number of rotatable bonds is 3. The molecule has 7 heteroatoms. The zero-order valence-electron chi connectivity index (χ0n) is 10.6. The highest BCUT2D eigenvalue weighted by Gasteiger charge is 2.09. The molecule has 0 unspecified atom stereocenters. The summed E-state index contributed by atoms with van der Waals surface area (Å²) >= 11 is 12.0. The van der Waals surface area contributed by atoms with Gasteiger partial charge in [0.1, 0.15) is 16.5 Å². The Morgan fingerprint density at radius 2 is 2.00 bits per heavy atom. The Balaban J connectivity index is 1.81. The van der Waals surface area contributed by atoms with Crippen molar-refractivity contribution in [2.24, 2.45) is 7.05 Å². The molecule has 0 amide bonds. The topological polar surface area (TPSA) is 55.6 Å². The maximum Gasteiger partial charge on any atom is 0.180 e. The van der Waals surface area contributed by atoms with Gasteiger partial charge in [-0.1, -0.05) is 23.2 Å². The third-order valence-electron chi connectivity index (χ3n) is 3.00. The van der Waals surface area contributed by atoms with Gasteiger partial charge in [-0.25, -0.2) is 9.97 Å². The summed E-state index contributed by atoms with van der Waals surface area (Å²) in [5.74, 6) is 0.728. The molecule has 0 aromatic carbocycles. The SMILES string of the molecule is Cn1c(CNc2ccc3nccnc3n2)cc(Cl)c1Cl. The van der Waals surface area contributed by atoms with Crippen molar-refractivity contribution in [1.82, 2.24) is 19.5 Å². The first kappa shape index (κ1) is 13.1.